The summed E-state index contributed by atoms with van der Waals surface area (Å²) < 4.78 is 0. The van der Waals surface area contributed by atoms with Crippen LogP contribution in [0.15, 0.2) is 18.2 Å². The molecule has 0 unspecified atom stereocenters. The smallest absolute Gasteiger partial charge is 0.251 e. The van der Waals surface area contributed by atoms with E-state index in [2.05, 4.69) is 23.0 Å². The third-order valence-electron chi connectivity index (χ3n) is 4.42. The fraction of sp³-hybridized carbons (Fsp3) is 0.562. The third-order valence-corrected chi connectivity index (χ3v) is 5.56. The number of hydrogen-bond acceptors (Lipinski definition) is 3. The molecule has 3 nitrogen and oxygen atoms in total. The van der Waals surface area contributed by atoms with Crippen LogP contribution >= 0.6 is 11.8 Å². The molecule has 2 N–H and O–H groups in total. The summed E-state index contributed by atoms with van der Waals surface area (Å²) in [5.41, 5.74) is 3.23. The molecule has 1 saturated carbocycles. The minimum atomic E-state index is 0.0779. The monoisotopic (exact) mass is 290 g/mol. The number of fused-ring (bicyclic) bond motifs is 1. The minimum absolute atomic E-state index is 0.0779. The van der Waals surface area contributed by atoms with E-state index in [0.29, 0.717) is 6.04 Å². The second-order valence-electron chi connectivity index (χ2n) is 5.73. The average Bonchev–Trinajstić information content (AvgIpc) is 2.95. The molecule has 0 radical (unpaired) electrons. The first-order chi connectivity index (χ1) is 9.76. The van der Waals surface area contributed by atoms with Crippen LogP contribution in [-0.4, -0.2) is 30.0 Å². The molecule has 1 aliphatic heterocycles. The molecular formula is C16H22N2OS. The molecule has 0 saturated heterocycles. The van der Waals surface area contributed by atoms with Crippen LogP contribution in [0.5, 0.6) is 0 Å². The molecule has 1 aromatic rings. The normalized spacial score (nSPS) is 24.9. The van der Waals surface area contributed by atoms with Gasteiger partial charge in [0, 0.05) is 29.1 Å². The fourth-order valence-electron chi connectivity index (χ4n) is 3.14. The maximum absolute atomic E-state index is 12.3. The summed E-state index contributed by atoms with van der Waals surface area (Å²) in [6.07, 6.45) is 7.91. The van der Waals surface area contributed by atoms with Crippen molar-refractivity contribution in [3.8, 4) is 0 Å². The van der Waals surface area contributed by atoms with Crippen molar-refractivity contribution in [2.75, 3.05) is 18.1 Å². The van der Waals surface area contributed by atoms with E-state index in [1.807, 2.05) is 23.9 Å². The molecule has 0 bridgehead atoms. The van der Waals surface area contributed by atoms with Gasteiger partial charge >= 0.3 is 0 Å². The highest BCUT2D eigenvalue weighted by Gasteiger charge is 2.22. The van der Waals surface area contributed by atoms with Crippen molar-refractivity contribution in [1.29, 1.82) is 0 Å². The minimum Gasteiger partial charge on any atom is -0.384 e. The van der Waals surface area contributed by atoms with Gasteiger partial charge in [-0.15, -0.1) is 0 Å². The Bertz CT molecular complexity index is 495. The number of carbonyl (C=O) groups is 1. The highest BCUT2D eigenvalue weighted by Crippen LogP contribution is 2.27. The molecule has 1 aromatic carbocycles. The molecule has 1 amide bonds. The van der Waals surface area contributed by atoms with E-state index in [-0.39, 0.29) is 5.91 Å². The number of benzene rings is 1. The Morgan fingerprint density at radius 2 is 2.10 bits per heavy atom. The van der Waals surface area contributed by atoms with Crippen LogP contribution < -0.4 is 10.6 Å². The van der Waals surface area contributed by atoms with Crippen LogP contribution in [0.3, 0.4) is 0 Å². The zero-order chi connectivity index (χ0) is 13.9. The summed E-state index contributed by atoms with van der Waals surface area (Å²) in [5.74, 6) is 0.0779. The van der Waals surface area contributed by atoms with Crippen molar-refractivity contribution in [2.45, 2.75) is 43.4 Å². The molecule has 108 valence electrons. The number of thioether (sulfide) groups is 1. The van der Waals surface area contributed by atoms with Crippen LogP contribution in [0.1, 0.15) is 41.6 Å². The maximum atomic E-state index is 12.3. The fourth-order valence-corrected chi connectivity index (χ4v) is 3.89. The number of carbonyl (C=O) groups excluding carboxylic acids is 1. The molecule has 20 heavy (non-hydrogen) atoms. The van der Waals surface area contributed by atoms with Crippen LogP contribution in [0.4, 0.5) is 5.69 Å². The van der Waals surface area contributed by atoms with E-state index < -0.39 is 0 Å². The lowest BCUT2D eigenvalue weighted by Crippen LogP contribution is -2.38. The predicted molar refractivity (Wildman–Crippen MR) is 85.7 cm³/mol. The largest absolute Gasteiger partial charge is 0.384 e. The molecule has 1 aliphatic carbocycles. The van der Waals surface area contributed by atoms with Gasteiger partial charge in [-0.3, -0.25) is 4.79 Å². The van der Waals surface area contributed by atoms with Crippen molar-refractivity contribution >= 4 is 23.4 Å². The molecule has 4 heteroatoms. The van der Waals surface area contributed by atoms with Crippen molar-refractivity contribution < 1.29 is 4.79 Å². The molecular weight excluding hydrogens is 268 g/mol. The third kappa shape index (κ3) is 2.95. The lowest BCUT2D eigenvalue weighted by molar-refractivity contribution is 0.0928. The van der Waals surface area contributed by atoms with Crippen molar-refractivity contribution in [1.82, 2.24) is 5.32 Å². The van der Waals surface area contributed by atoms with Gasteiger partial charge in [0.05, 0.1) is 0 Å². The molecule has 0 spiro atoms. The summed E-state index contributed by atoms with van der Waals surface area (Å²) >= 11 is 1.96. The van der Waals surface area contributed by atoms with Gasteiger partial charge < -0.3 is 10.6 Å². The SMILES string of the molecule is CSC1CCC(NC(=O)c2ccc3c(c2)NCC3)CC1. The zero-order valence-corrected chi connectivity index (χ0v) is 12.8. The van der Waals surface area contributed by atoms with Crippen molar-refractivity contribution in [2.24, 2.45) is 0 Å². The van der Waals surface area contributed by atoms with Crippen LogP contribution in [0.2, 0.25) is 0 Å². The first kappa shape index (κ1) is 13.8. The van der Waals surface area contributed by atoms with E-state index in [0.717, 1.165) is 42.3 Å². The number of anilines is 1. The van der Waals surface area contributed by atoms with Gasteiger partial charge in [-0.1, -0.05) is 6.07 Å². The highest BCUT2D eigenvalue weighted by molar-refractivity contribution is 7.99. The topological polar surface area (TPSA) is 41.1 Å². The first-order valence-corrected chi connectivity index (χ1v) is 8.75. The van der Waals surface area contributed by atoms with Crippen LogP contribution in [0.25, 0.3) is 0 Å². The Balaban J connectivity index is 1.59. The Labute approximate surface area is 124 Å². The Morgan fingerprint density at radius 1 is 1.30 bits per heavy atom. The van der Waals surface area contributed by atoms with E-state index in [1.165, 1.54) is 18.4 Å². The second-order valence-corrected chi connectivity index (χ2v) is 6.87. The van der Waals surface area contributed by atoms with E-state index >= 15 is 0 Å². The Kier molecular flexibility index (Phi) is 4.20. The molecule has 1 fully saturated rings. The van der Waals surface area contributed by atoms with Gasteiger partial charge in [-0.25, -0.2) is 0 Å². The first-order valence-electron chi connectivity index (χ1n) is 7.46. The Morgan fingerprint density at radius 3 is 2.85 bits per heavy atom. The zero-order valence-electron chi connectivity index (χ0n) is 11.9. The van der Waals surface area contributed by atoms with Crippen molar-refractivity contribution in [3.63, 3.8) is 0 Å². The average molecular weight is 290 g/mol. The quantitative estimate of drug-likeness (QED) is 0.899. The summed E-state index contributed by atoms with van der Waals surface area (Å²) in [5, 5.41) is 7.31. The number of rotatable bonds is 3. The van der Waals surface area contributed by atoms with Gasteiger partial charge in [-0.05, 0) is 56.1 Å². The van der Waals surface area contributed by atoms with E-state index in [1.54, 1.807) is 0 Å². The van der Waals surface area contributed by atoms with Gasteiger partial charge in [0.1, 0.15) is 0 Å². The number of amides is 1. The molecule has 0 atom stereocenters. The maximum Gasteiger partial charge on any atom is 0.251 e. The van der Waals surface area contributed by atoms with Crippen LogP contribution in [0, 0.1) is 0 Å². The summed E-state index contributed by atoms with van der Waals surface area (Å²) in [6, 6.07) is 6.38. The van der Waals surface area contributed by atoms with E-state index in [4.69, 9.17) is 0 Å². The summed E-state index contributed by atoms with van der Waals surface area (Å²) in [6.45, 7) is 0.985. The Hall–Kier alpha value is -1.16. The molecule has 0 aromatic heterocycles. The summed E-state index contributed by atoms with van der Waals surface area (Å²) in [7, 11) is 0. The van der Waals surface area contributed by atoms with E-state index in [9.17, 15) is 4.79 Å². The lowest BCUT2D eigenvalue weighted by Gasteiger charge is -2.28. The van der Waals surface area contributed by atoms with Crippen LogP contribution in [-0.2, 0) is 6.42 Å². The second kappa shape index (κ2) is 6.08. The highest BCUT2D eigenvalue weighted by atomic mass is 32.2. The molecule has 2 aliphatic rings. The molecule has 3 rings (SSSR count). The van der Waals surface area contributed by atoms with Gasteiger partial charge in [0.15, 0.2) is 0 Å². The van der Waals surface area contributed by atoms with Gasteiger partial charge in [-0.2, -0.15) is 11.8 Å². The van der Waals surface area contributed by atoms with Crippen molar-refractivity contribution in [3.05, 3.63) is 29.3 Å². The molecule has 1 heterocycles. The summed E-state index contributed by atoms with van der Waals surface area (Å²) in [4.78, 5) is 12.3. The lowest BCUT2D eigenvalue weighted by atomic mass is 9.94. The van der Waals surface area contributed by atoms with Gasteiger partial charge in [0.25, 0.3) is 5.91 Å². The number of hydrogen-bond donors (Lipinski definition) is 2. The predicted octanol–water partition coefficient (Wildman–Crippen LogP) is 3.06. The standard InChI is InChI=1S/C16H22N2OS/c1-20-14-6-4-13(5-7-14)18-16(19)12-3-2-11-8-9-17-15(11)10-12/h2-3,10,13-14,17H,4-9H2,1H3,(H,18,19). The number of nitrogens with one attached hydrogen (secondary N) is 2. The van der Waals surface area contributed by atoms with Gasteiger partial charge in [0.2, 0.25) is 0 Å².